The average molecular weight is 513 g/mol. The second kappa shape index (κ2) is 11.2. The van der Waals surface area contributed by atoms with Gasteiger partial charge in [-0.3, -0.25) is 9.59 Å². The normalized spacial score (nSPS) is 16.6. The Hall–Kier alpha value is -3.29. The first-order valence-corrected chi connectivity index (χ1v) is 12.1. The molecule has 4 rings (SSSR count). The fourth-order valence-electron chi connectivity index (χ4n) is 4.49. The average Bonchev–Trinajstić information content (AvgIpc) is 2.87. The van der Waals surface area contributed by atoms with Crippen molar-refractivity contribution in [2.45, 2.75) is 19.8 Å². The number of fused-ring (bicyclic) bond motifs is 1. The third-order valence-electron chi connectivity index (χ3n) is 6.30. The van der Waals surface area contributed by atoms with Crippen molar-refractivity contribution in [3.05, 3.63) is 94.1 Å². The van der Waals surface area contributed by atoms with Gasteiger partial charge >= 0.3 is 0 Å². The molecule has 0 saturated carbocycles. The number of nitrogens with zero attached hydrogens (tertiary/aromatic N) is 2. The number of hydrogen-bond donors (Lipinski definition) is 0. The summed E-state index contributed by atoms with van der Waals surface area (Å²) >= 11 is 6.13. The van der Waals surface area contributed by atoms with Crippen LogP contribution in [-0.2, 0) is 16.0 Å². The molecule has 2 aliphatic rings. The Bertz CT molecular complexity index is 1250. The van der Waals surface area contributed by atoms with E-state index in [4.69, 9.17) is 16.3 Å². The van der Waals surface area contributed by atoms with E-state index in [-0.39, 0.29) is 22.1 Å². The van der Waals surface area contributed by atoms with Gasteiger partial charge in [0.05, 0.1) is 23.8 Å². The summed E-state index contributed by atoms with van der Waals surface area (Å²) in [6, 6.07) is 9.77. The molecule has 0 aliphatic carbocycles. The first-order chi connectivity index (χ1) is 17.3. The highest BCUT2D eigenvalue weighted by Gasteiger charge is 2.27. The van der Waals surface area contributed by atoms with Crippen molar-refractivity contribution in [1.29, 1.82) is 0 Å². The van der Waals surface area contributed by atoms with Gasteiger partial charge in [-0.15, -0.1) is 0 Å². The highest BCUT2D eigenvalue weighted by atomic mass is 35.5. The summed E-state index contributed by atoms with van der Waals surface area (Å²) in [5.41, 5.74) is 3.26. The van der Waals surface area contributed by atoms with Crippen molar-refractivity contribution in [3.63, 3.8) is 0 Å². The SMILES string of the molecule is C=C(F)C=C(C=C(C)c1ccc2c(c1)CCCN2C(=O)c1c(F)cccc1Cl)C(=O)N1CCOCC1. The highest BCUT2D eigenvalue weighted by Crippen LogP contribution is 2.33. The van der Waals surface area contributed by atoms with Crippen LogP contribution in [0.2, 0.25) is 5.02 Å². The van der Waals surface area contributed by atoms with Gasteiger partial charge in [-0.25, -0.2) is 8.78 Å². The predicted octanol–water partition coefficient (Wildman–Crippen LogP) is 5.74. The molecule has 188 valence electrons. The highest BCUT2D eigenvalue weighted by molar-refractivity contribution is 6.34. The zero-order chi connectivity index (χ0) is 25.8. The lowest BCUT2D eigenvalue weighted by Gasteiger charge is -2.30. The third-order valence-corrected chi connectivity index (χ3v) is 6.62. The number of halogens is 3. The molecule has 1 fully saturated rings. The van der Waals surface area contributed by atoms with E-state index in [9.17, 15) is 18.4 Å². The topological polar surface area (TPSA) is 49.9 Å². The number of carbonyl (C=O) groups excluding carboxylic acids is 2. The summed E-state index contributed by atoms with van der Waals surface area (Å²) in [6.07, 6.45) is 4.23. The van der Waals surface area contributed by atoms with Crippen molar-refractivity contribution >= 4 is 34.7 Å². The molecule has 2 aromatic carbocycles. The van der Waals surface area contributed by atoms with Crippen LogP contribution in [0.15, 0.2) is 66.5 Å². The van der Waals surface area contributed by atoms with Gasteiger partial charge in [0.1, 0.15) is 11.6 Å². The van der Waals surface area contributed by atoms with Crippen molar-refractivity contribution < 1.29 is 23.1 Å². The third kappa shape index (κ3) is 5.58. The minimum Gasteiger partial charge on any atom is -0.378 e. The van der Waals surface area contributed by atoms with Gasteiger partial charge in [0, 0.05) is 30.9 Å². The molecule has 0 spiro atoms. The second-order valence-corrected chi connectivity index (χ2v) is 9.19. The van der Waals surface area contributed by atoms with E-state index >= 15 is 0 Å². The number of morpholine rings is 1. The van der Waals surface area contributed by atoms with Crippen LogP contribution < -0.4 is 4.90 Å². The minimum atomic E-state index is -0.706. The Morgan fingerprint density at radius 3 is 2.56 bits per heavy atom. The van der Waals surface area contributed by atoms with E-state index in [2.05, 4.69) is 6.58 Å². The molecule has 2 heterocycles. The number of hydrogen-bond acceptors (Lipinski definition) is 3. The first kappa shape index (κ1) is 25.8. The Morgan fingerprint density at radius 2 is 1.86 bits per heavy atom. The maximum atomic E-state index is 14.4. The lowest BCUT2D eigenvalue weighted by molar-refractivity contribution is -0.130. The van der Waals surface area contributed by atoms with Gasteiger partial charge in [0.2, 0.25) is 0 Å². The molecule has 0 aromatic heterocycles. The predicted molar refractivity (Wildman–Crippen MR) is 137 cm³/mol. The van der Waals surface area contributed by atoms with Gasteiger partial charge in [-0.2, -0.15) is 0 Å². The van der Waals surface area contributed by atoms with Crippen molar-refractivity contribution in [2.75, 3.05) is 37.7 Å². The maximum Gasteiger partial charge on any atom is 0.262 e. The number of rotatable bonds is 5. The summed E-state index contributed by atoms with van der Waals surface area (Å²) in [4.78, 5) is 29.4. The number of aryl methyl sites for hydroxylation is 1. The van der Waals surface area contributed by atoms with Crippen LogP contribution in [0.1, 0.15) is 34.8 Å². The van der Waals surface area contributed by atoms with E-state index < -0.39 is 17.6 Å². The van der Waals surface area contributed by atoms with Crippen LogP contribution in [0.4, 0.5) is 14.5 Å². The largest absolute Gasteiger partial charge is 0.378 e. The molecule has 5 nitrogen and oxygen atoms in total. The molecule has 0 atom stereocenters. The summed E-state index contributed by atoms with van der Waals surface area (Å²) in [6.45, 7) is 7.33. The van der Waals surface area contributed by atoms with Crippen LogP contribution in [0.3, 0.4) is 0 Å². The number of allylic oxidation sites excluding steroid dienone is 3. The number of amides is 2. The summed E-state index contributed by atoms with van der Waals surface area (Å²) < 4.78 is 33.4. The molecule has 2 aromatic rings. The van der Waals surface area contributed by atoms with Crippen LogP contribution in [0, 0.1) is 5.82 Å². The Labute approximate surface area is 214 Å². The Morgan fingerprint density at radius 1 is 1.11 bits per heavy atom. The molecular weight excluding hydrogens is 486 g/mol. The lowest BCUT2D eigenvalue weighted by Crippen LogP contribution is -2.41. The molecule has 0 N–H and O–H groups in total. The monoisotopic (exact) mass is 512 g/mol. The van der Waals surface area contributed by atoms with Crippen LogP contribution >= 0.6 is 11.6 Å². The van der Waals surface area contributed by atoms with Crippen molar-refractivity contribution in [1.82, 2.24) is 4.90 Å². The number of anilines is 1. The van der Waals surface area contributed by atoms with Crippen LogP contribution in [0.5, 0.6) is 0 Å². The maximum absolute atomic E-state index is 14.4. The van der Waals surface area contributed by atoms with Crippen molar-refractivity contribution in [3.8, 4) is 0 Å². The Balaban J connectivity index is 1.63. The molecule has 0 radical (unpaired) electrons. The summed E-state index contributed by atoms with van der Waals surface area (Å²) in [7, 11) is 0. The molecular formula is C28H27ClF2N2O3. The summed E-state index contributed by atoms with van der Waals surface area (Å²) in [5, 5.41) is 0.0706. The molecule has 1 saturated heterocycles. The fraction of sp³-hybridized carbons (Fsp3) is 0.286. The number of benzene rings is 2. The summed E-state index contributed by atoms with van der Waals surface area (Å²) in [5.74, 6) is -2.13. The molecule has 8 heteroatoms. The van der Waals surface area contributed by atoms with Gasteiger partial charge in [-0.05, 0) is 72.9 Å². The lowest BCUT2D eigenvalue weighted by atomic mass is 9.95. The Kier molecular flexibility index (Phi) is 8.01. The van der Waals surface area contributed by atoms with E-state index in [1.165, 1.54) is 18.2 Å². The van der Waals surface area contributed by atoms with Crippen LogP contribution in [0.25, 0.3) is 5.57 Å². The zero-order valence-corrected chi connectivity index (χ0v) is 20.8. The van der Waals surface area contributed by atoms with E-state index in [0.29, 0.717) is 45.0 Å². The quantitative estimate of drug-likeness (QED) is 0.379. The van der Waals surface area contributed by atoms with Gasteiger partial charge in [0.25, 0.3) is 11.8 Å². The fourth-order valence-corrected chi connectivity index (χ4v) is 4.73. The number of carbonyl (C=O) groups is 2. The minimum absolute atomic E-state index is 0.0706. The molecule has 2 amide bonds. The van der Waals surface area contributed by atoms with E-state index in [1.807, 2.05) is 25.1 Å². The van der Waals surface area contributed by atoms with Gasteiger partial charge in [0.15, 0.2) is 0 Å². The van der Waals surface area contributed by atoms with E-state index in [1.54, 1.807) is 15.9 Å². The number of ether oxygens (including phenoxy) is 1. The molecule has 2 aliphatic heterocycles. The molecule has 0 unspecified atom stereocenters. The van der Waals surface area contributed by atoms with Gasteiger partial charge in [-0.1, -0.05) is 30.3 Å². The van der Waals surface area contributed by atoms with Gasteiger partial charge < -0.3 is 14.5 Å². The molecule has 36 heavy (non-hydrogen) atoms. The first-order valence-electron chi connectivity index (χ1n) is 11.8. The van der Waals surface area contributed by atoms with E-state index in [0.717, 1.165) is 29.2 Å². The van der Waals surface area contributed by atoms with Crippen LogP contribution in [-0.4, -0.2) is 49.6 Å². The standard InChI is InChI=1S/C28H27ClF2N2O3/c1-18(15-22(16-19(2)30)27(34)32-11-13-36-14-12-32)20-8-9-25-21(17-20)5-4-10-33(25)28(35)26-23(29)6-3-7-24(26)31/h3,6-9,15-17H,2,4-5,10-14H2,1H3. The van der Waals surface area contributed by atoms with Crippen molar-refractivity contribution in [2.24, 2.45) is 0 Å². The second-order valence-electron chi connectivity index (χ2n) is 8.78. The zero-order valence-electron chi connectivity index (χ0n) is 20.0. The molecule has 0 bridgehead atoms. The smallest absolute Gasteiger partial charge is 0.262 e.